The Balaban J connectivity index is 1.60. The first-order chi connectivity index (χ1) is 15.9. The number of nitrogens with one attached hydrogen (secondary N) is 3. The zero-order valence-electron chi connectivity index (χ0n) is 18.8. The molecule has 33 heavy (non-hydrogen) atoms. The molecule has 0 radical (unpaired) electrons. The van der Waals surface area contributed by atoms with Crippen LogP contribution in [0.3, 0.4) is 0 Å². The van der Waals surface area contributed by atoms with E-state index < -0.39 is 6.04 Å². The summed E-state index contributed by atoms with van der Waals surface area (Å²) in [6.07, 6.45) is 0.301. The normalized spacial score (nSPS) is 11.3. The number of phenols is 1. The third kappa shape index (κ3) is 7.28. The lowest BCUT2D eigenvalue weighted by molar-refractivity contribution is -0.122. The van der Waals surface area contributed by atoms with Gasteiger partial charge in [0.25, 0.3) is 5.91 Å². The van der Waals surface area contributed by atoms with Gasteiger partial charge in [0.05, 0.1) is 7.11 Å². The fourth-order valence-corrected chi connectivity index (χ4v) is 3.33. The molecule has 2 amide bonds. The Labute approximate surface area is 193 Å². The van der Waals surface area contributed by atoms with Gasteiger partial charge in [-0.3, -0.25) is 9.59 Å². The van der Waals surface area contributed by atoms with Crippen molar-refractivity contribution in [1.82, 2.24) is 10.6 Å². The first-order valence-electron chi connectivity index (χ1n) is 10.8. The summed E-state index contributed by atoms with van der Waals surface area (Å²) in [4.78, 5) is 25.7. The molecule has 3 aromatic rings. The molecule has 0 saturated carbocycles. The van der Waals surface area contributed by atoms with E-state index in [4.69, 9.17) is 4.74 Å². The van der Waals surface area contributed by atoms with E-state index in [9.17, 15) is 14.7 Å². The van der Waals surface area contributed by atoms with E-state index in [-0.39, 0.29) is 17.6 Å². The Hall–Kier alpha value is -4.00. The second-order valence-corrected chi connectivity index (χ2v) is 7.71. The number of benzene rings is 3. The van der Waals surface area contributed by atoms with Crippen LogP contribution in [0.1, 0.15) is 21.5 Å². The zero-order valence-corrected chi connectivity index (χ0v) is 18.8. The first kappa shape index (κ1) is 23.7. The first-order valence-corrected chi connectivity index (χ1v) is 10.8. The van der Waals surface area contributed by atoms with Crippen LogP contribution >= 0.6 is 0 Å². The predicted octanol–water partition coefficient (Wildman–Crippen LogP) is 3.28. The molecule has 4 N–H and O–H groups in total. The van der Waals surface area contributed by atoms with Crippen LogP contribution < -0.4 is 20.7 Å². The van der Waals surface area contributed by atoms with Crippen LogP contribution in [0.2, 0.25) is 0 Å². The SMILES string of the molecule is COc1ccc(NCCNC(=O)[C@H](Cc2ccc(O)cc2)NC(=O)c2cccc(C)c2)cc1. The molecule has 0 fully saturated rings. The van der Waals surface area contributed by atoms with E-state index in [2.05, 4.69) is 16.0 Å². The van der Waals surface area contributed by atoms with Crippen molar-refractivity contribution >= 4 is 17.5 Å². The van der Waals surface area contributed by atoms with Gasteiger partial charge in [-0.05, 0) is 61.0 Å². The Morgan fingerprint density at radius 3 is 2.36 bits per heavy atom. The lowest BCUT2D eigenvalue weighted by atomic mass is 10.0. The highest BCUT2D eigenvalue weighted by Crippen LogP contribution is 2.15. The van der Waals surface area contributed by atoms with Crippen molar-refractivity contribution in [2.45, 2.75) is 19.4 Å². The van der Waals surface area contributed by atoms with Gasteiger partial charge in [0.15, 0.2) is 0 Å². The Kier molecular flexibility index (Phi) is 8.30. The molecule has 3 rings (SSSR count). The molecule has 0 bridgehead atoms. The van der Waals surface area contributed by atoms with Crippen LogP contribution in [0.4, 0.5) is 5.69 Å². The monoisotopic (exact) mass is 447 g/mol. The summed E-state index contributed by atoms with van der Waals surface area (Å²) < 4.78 is 5.14. The zero-order chi connectivity index (χ0) is 23.6. The number of methoxy groups -OCH3 is 1. The highest BCUT2D eigenvalue weighted by molar-refractivity contribution is 5.97. The number of hydrogen-bond acceptors (Lipinski definition) is 5. The van der Waals surface area contributed by atoms with Crippen molar-refractivity contribution in [3.63, 3.8) is 0 Å². The number of hydrogen-bond donors (Lipinski definition) is 4. The average Bonchev–Trinajstić information content (AvgIpc) is 2.83. The molecule has 0 aliphatic carbocycles. The number of ether oxygens (including phenoxy) is 1. The Morgan fingerprint density at radius 2 is 1.70 bits per heavy atom. The minimum absolute atomic E-state index is 0.146. The van der Waals surface area contributed by atoms with Crippen molar-refractivity contribution in [3.8, 4) is 11.5 Å². The number of aryl methyl sites for hydroxylation is 1. The average molecular weight is 448 g/mol. The topological polar surface area (TPSA) is 99.7 Å². The lowest BCUT2D eigenvalue weighted by Gasteiger charge is -2.19. The molecule has 7 nitrogen and oxygen atoms in total. The summed E-state index contributed by atoms with van der Waals surface area (Å²) in [5.74, 6) is 0.332. The van der Waals surface area contributed by atoms with Crippen LogP contribution in [0, 0.1) is 6.92 Å². The molecule has 0 spiro atoms. The molecular weight excluding hydrogens is 418 g/mol. The van der Waals surface area contributed by atoms with Crippen LogP contribution in [-0.2, 0) is 11.2 Å². The van der Waals surface area contributed by atoms with Crippen molar-refractivity contribution in [2.24, 2.45) is 0 Å². The predicted molar refractivity (Wildman–Crippen MR) is 129 cm³/mol. The second kappa shape index (κ2) is 11.6. The molecule has 7 heteroatoms. The van der Waals surface area contributed by atoms with E-state index >= 15 is 0 Å². The van der Waals surface area contributed by atoms with Gasteiger partial charge in [-0.2, -0.15) is 0 Å². The van der Waals surface area contributed by atoms with Gasteiger partial charge < -0.3 is 25.8 Å². The molecule has 0 saturated heterocycles. The minimum Gasteiger partial charge on any atom is -0.508 e. The third-order valence-corrected chi connectivity index (χ3v) is 5.12. The molecule has 3 aromatic carbocycles. The maximum atomic E-state index is 12.9. The highest BCUT2D eigenvalue weighted by atomic mass is 16.5. The van der Waals surface area contributed by atoms with Crippen molar-refractivity contribution in [1.29, 1.82) is 0 Å². The quantitative estimate of drug-likeness (QED) is 0.358. The largest absolute Gasteiger partial charge is 0.508 e. The van der Waals surface area contributed by atoms with Crippen molar-refractivity contribution < 1.29 is 19.4 Å². The van der Waals surface area contributed by atoms with E-state index in [1.54, 1.807) is 43.5 Å². The summed E-state index contributed by atoms with van der Waals surface area (Å²) in [6, 6.07) is 20.6. The molecule has 1 atom stereocenters. The molecule has 0 aromatic heterocycles. The summed E-state index contributed by atoms with van der Waals surface area (Å²) in [7, 11) is 1.62. The van der Waals surface area contributed by atoms with Crippen LogP contribution in [0.25, 0.3) is 0 Å². The number of rotatable bonds is 10. The third-order valence-electron chi connectivity index (χ3n) is 5.12. The van der Waals surface area contributed by atoms with E-state index in [1.165, 1.54) is 0 Å². The summed E-state index contributed by atoms with van der Waals surface area (Å²) in [5.41, 5.74) is 3.21. The smallest absolute Gasteiger partial charge is 0.251 e. The van der Waals surface area contributed by atoms with Gasteiger partial charge in [0.1, 0.15) is 17.5 Å². The van der Waals surface area contributed by atoms with E-state index in [0.29, 0.717) is 25.1 Å². The van der Waals surface area contributed by atoms with Gasteiger partial charge in [-0.1, -0.05) is 29.8 Å². The number of carbonyl (C=O) groups is 2. The van der Waals surface area contributed by atoms with Gasteiger partial charge in [0, 0.05) is 30.8 Å². The van der Waals surface area contributed by atoms with Gasteiger partial charge >= 0.3 is 0 Å². The van der Waals surface area contributed by atoms with E-state index in [0.717, 1.165) is 22.6 Å². The number of amides is 2. The standard InChI is InChI=1S/C26H29N3O4/c1-18-4-3-5-20(16-18)25(31)29-24(17-19-6-10-22(30)11-7-19)26(32)28-15-14-27-21-8-12-23(33-2)13-9-21/h3-13,16,24,27,30H,14-15,17H2,1-2H3,(H,28,32)(H,29,31)/t24-/m0/s1. The van der Waals surface area contributed by atoms with E-state index in [1.807, 2.05) is 43.3 Å². The fourth-order valence-electron chi connectivity index (χ4n) is 3.33. The lowest BCUT2D eigenvalue weighted by Crippen LogP contribution is -2.48. The molecular formula is C26H29N3O4. The summed E-state index contributed by atoms with van der Waals surface area (Å²) in [5, 5.41) is 18.5. The molecule has 172 valence electrons. The van der Waals surface area contributed by atoms with Gasteiger partial charge in [-0.15, -0.1) is 0 Å². The number of phenolic OH excluding ortho intramolecular Hbond substituents is 1. The minimum atomic E-state index is -0.761. The van der Waals surface area contributed by atoms with Crippen LogP contribution in [0.5, 0.6) is 11.5 Å². The maximum absolute atomic E-state index is 12.9. The number of carbonyl (C=O) groups excluding carboxylic acids is 2. The Bertz CT molecular complexity index is 1070. The van der Waals surface area contributed by atoms with Gasteiger partial charge in [0.2, 0.25) is 5.91 Å². The summed E-state index contributed by atoms with van der Waals surface area (Å²) in [6.45, 7) is 2.82. The van der Waals surface area contributed by atoms with Crippen molar-refractivity contribution in [3.05, 3.63) is 89.5 Å². The highest BCUT2D eigenvalue weighted by Gasteiger charge is 2.22. The molecule has 0 aliphatic heterocycles. The summed E-state index contributed by atoms with van der Waals surface area (Å²) >= 11 is 0. The van der Waals surface area contributed by atoms with Crippen LogP contribution in [0.15, 0.2) is 72.8 Å². The maximum Gasteiger partial charge on any atom is 0.251 e. The molecule has 0 unspecified atom stereocenters. The fraction of sp³-hybridized carbons (Fsp3) is 0.231. The molecule has 0 heterocycles. The number of anilines is 1. The van der Waals surface area contributed by atoms with Gasteiger partial charge in [-0.25, -0.2) is 0 Å². The Morgan fingerprint density at radius 1 is 0.970 bits per heavy atom. The second-order valence-electron chi connectivity index (χ2n) is 7.71. The number of aromatic hydroxyl groups is 1. The van der Waals surface area contributed by atoms with Crippen LogP contribution in [-0.4, -0.2) is 43.2 Å². The van der Waals surface area contributed by atoms with Crippen molar-refractivity contribution in [2.75, 3.05) is 25.5 Å². The molecule has 0 aliphatic rings.